The Labute approximate surface area is 364 Å². The molecule has 3 aliphatic carbocycles. The number of Topliss-reactive ketones (excluding diaryl/α,β-unsaturated/α-hetero) is 1. The van der Waals surface area contributed by atoms with E-state index in [9.17, 15) is 34.5 Å². The lowest BCUT2D eigenvalue weighted by Crippen LogP contribution is -2.81. The van der Waals surface area contributed by atoms with Gasteiger partial charge in [-0.25, -0.2) is 19.4 Å². The van der Waals surface area contributed by atoms with Crippen LogP contribution in [0.25, 0.3) is 0 Å². The van der Waals surface area contributed by atoms with E-state index in [1.807, 2.05) is 6.07 Å². The minimum absolute atomic E-state index is 0.0409. The molecule has 63 heavy (non-hydrogen) atoms. The number of benzene rings is 3. The summed E-state index contributed by atoms with van der Waals surface area (Å²) in [6.45, 7) is 6.81. The van der Waals surface area contributed by atoms with E-state index in [0.717, 1.165) is 14.0 Å². The summed E-state index contributed by atoms with van der Waals surface area (Å²) in [6, 6.07) is 24.1. The Bertz CT molecular complexity index is 2230. The highest BCUT2D eigenvalue weighted by atomic mass is 17.2. The van der Waals surface area contributed by atoms with E-state index in [4.69, 9.17) is 33.5 Å². The first kappa shape index (κ1) is 45.5. The van der Waals surface area contributed by atoms with Gasteiger partial charge in [-0.1, -0.05) is 92.7 Å². The van der Waals surface area contributed by atoms with E-state index >= 15 is 4.79 Å². The Morgan fingerprint density at radius 1 is 0.921 bits per heavy atom. The van der Waals surface area contributed by atoms with Gasteiger partial charge in [0.1, 0.15) is 30.5 Å². The first-order valence-corrected chi connectivity index (χ1v) is 20.7. The molecule has 1 saturated heterocycles. The molecule has 336 valence electrons. The van der Waals surface area contributed by atoms with Crippen molar-refractivity contribution in [1.82, 2.24) is 5.32 Å². The number of methoxy groups -OCH3 is 1. The molecule has 1 aliphatic heterocycles. The lowest BCUT2D eigenvalue weighted by atomic mass is 9.44. The van der Waals surface area contributed by atoms with Crippen LogP contribution >= 0.6 is 0 Å². The lowest BCUT2D eigenvalue weighted by molar-refractivity contribution is -0.420. The second kappa shape index (κ2) is 17.6. The average molecular weight is 872 g/mol. The van der Waals surface area contributed by atoms with Crippen LogP contribution in [0.4, 0.5) is 4.79 Å². The van der Waals surface area contributed by atoms with Crippen LogP contribution in [0.1, 0.15) is 75.0 Å². The molecule has 1 amide bonds. The van der Waals surface area contributed by atoms with Crippen LogP contribution in [0.15, 0.2) is 102 Å². The molecular weight excluding hydrogens is 819 g/mol. The molecular formula is C47H53NO15. The maximum atomic E-state index is 15.5. The molecule has 3 aromatic carbocycles. The van der Waals surface area contributed by atoms with Crippen LogP contribution in [-0.2, 0) is 54.4 Å². The van der Waals surface area contributed by atoms with Gasteiger partial charge in [0.2, 0.25) is 0 Å². The van der Waals surface area contributed by atoms with Gasteiger partial charge in [-0.3, -0.25) is 14.4 Å². The van der Waals surface area contributed by atoms with Crippen molar-refractivity contribution in [2.24, 2.45) is 16.7 Å². The number of ether oxygens (including phenoxy) is 5. The second-order valence-electron chi connectivity index (χ2n) is 17.4. The first-order chi connectivity index (χ1) is 29.9. The summed E-state index contributed by atoms with van der Waals surface area (Å²) < 4.78 is 28.8. The number of carbonyl (C=O) groups excluding carboxylic acids is 5. The Morgan fingerprint density at radius 3 is 2.13 bits per heavy atom. The Morgan fingerprint density at radius 2 is 1.54 bits per heavy atom. The lowest BCUT2D eigenvalue weighted by Gasteiger charge is -2.67. The van der Waals surface area contributed by atoms with Crippen LogP contribution in [0.3, 0.4) is 0 Å². The van der Waals surface area contributed by atoms with Crippen LogP contribution < -0.4 is 5.32 Å². The highest BCUT2D eigenvalue weighted by Gasteiger charge is 2.78. The van der Waals surface area contributed by atoms with Gasteiger partial charge in [-0.05, 0) is 48.3 Å². The van der Waals surface area contributed by atoms with Crippen molar-refractivity contribution < 1.29 is 72.8 Å². The van der Waals surface area contributed by atoms with E-state index in [1.54, 1.807) is 106 Å². The number of aliphatic hydroxyl groups is 3. The molecule has 3 fully saturated rings. The minimum Gasteiger partial charge on any atom is -0.456 e. The van der Waals surface area contributed by atoms with Crippen molar-refractivity contribution in [3.63, 3.8) is 0 Å². The van der Waals surface area contributed by atoms with Gasteiger partial charge in [0, 0.05) is 30.7 Å². The zero-order valence-electron chi connectivity index (χ0n) is 35.8. The fourth-order valence-electron chi connectivity index (χ4n) is 10.1. The molecule has 0 spiro atoms. The van der Waals surface area contributed by atoms with Crippen molar-refractivity contribution in [3.05, 3.63) is 119 Å². The first-order valence-electron chi connectivity index (χ1n) is 20.7. The van der Waals surface area contributed by atoms with Gasteiger partial charge in [-0.15, -0.1) is 0 Å². The van der Waals surface area contributed by atoms with Crippen LogP contribution in [0, 0.1) is 16.7 Å². The van der Waals surface area contributed by atoms with Crippen molar-refractivity contribution in [1.29, 1.82) is 0 Å². The van der Waals surface area contributed by atoms with Crippen molar-refractivity contribution in [2.45, 2.75) is 108 Å². The van der Waals surface area contributed by atoms with Crippen molar-refractivity contribution in [2.75, 3.05) is 13.7 Å². The number of ketones is 1. The monoisotopic (exact) mass is 871 g/mol. The number of hydrogen-bond acceptors (Lipinski definition) is 15. The number of fused-ring (bicyclic) bond motifs is 5. The van der Waals surface area contributed by atoms with Crippen molar-refractivity contribution in [3.8, 4) is 0 Å². The van der Waals surface area contributed by atoms with E-state index in [-0.39, 0.29) is 36.3 Å². The van der Waals surface area contributed by atoms with Gasteiger partial charge in [0.05, 0.1) is 37.2 Å². The Balaban J connectivity index is 1.36. The molecule has 2 bridgehead atoms. The van der Waals surface area contributed by atoms with E-state index < -0.39 is 107 Å². The summed E-state index contributed by atoms with van der Waals surface area (Å²) >= 11 is 0. The molecule has 0 unspecified atom stereocenters. The molecule has 3 aromatic rings. The Kier molecular flexibility index (Phi) is 12.7. The maximum Gasteiger partial charge on any atom is 0.508 e. The third-order valence-corrected chi connectivity index (χ3v) is 13.6. The third kappa shape index (κ3) is 7.93. The number of carbonyl (C=O) groups is 5. The molecule has 4 N–H and O–H groups in total. The molecule has 0 aromatic heterocycles. The zero-order chi connectivity index (χ0) is 45.5. The van der Waals surface area contributed by atoms with Crippen LogP contribution in [0.2, 0.25) is 0 Å². The summed E-state index contributed by atoms with van der Waals surface area (Å²) in [7, 11) is 1.10. The topological polar surface area (TPSA) is 223 Å². The molecule has 4 aliphatic rings. The SMILES string of the molecule is COC(=O)O[C@@]12CO[C@@H]1C[C@H](O)[C@@]1(C)C(=O)[C@H](OC(C)=O)C3=C(C)[C@@H](OC(=O)[C@H](O)[C@@H](NC(=O)c4ccccc4)c4ccccc4)C[C@@](O)([C@@H](OOCc4ccccc4)[C@H]21)C3(C)C. The molecule has 7 rings (SSSR count). The fourth-order valence-corrected chi connectivity index (χ4v) is 10.1. The third-order valence-electron chi connectivity index (χ3n) is 13.6. The minimum atomic E-state index is -2.30. The predicted molar refractivity (Wildman–Crippen MR) is 220 cm³/mol. The number of rotatable bonds is 12. The molecule has 16 nitrogen and oxygen atoms in total. The summed E-state index contributed by atoms with van der Waals surface area (Å²) in [5.74, 6) is -4.99. The van der Waals surface area contributed by atoms with Gasteiger partial charge in [0.25, 0.3) is 5.91 Å². The molecule has 2 saturated carbocycles. The number of hydrogen-bond donors (Lipinski definition) is 4. The summed E-state index contributed by atoms with van der Waals surface area (Å²) in [6.07, 6.45) is -11.4. The maximum absolute atomic E-state index is 15.5. The normalized spacial score (nSPS) is 31.6. The number of nitrogens with one attached hydrogen (secondary N) is 1. The Hall–Kier alpha value is -5.49. The average Bonchev–Trinajstić information content (AvgIpc) is 3.26. The number of aliphatic hydroxyl groups excluding tert-OH is 2. The highest BCUT2D eigenvalue weighted by molar-refractivity contribution is 5.96. The molecule has 0 radical (unpaired) electrons. The number of esters is 2. The van der Waals surface area contributed by atoms with E-state index in [0.29, 0.717) is 11.1 Å². The summed E-state index contributed by atoms with van der Waals surface area (Å²) in [5, 5.41) is 40.3. The zero-order valence-corrected chi connectivity index (χ0v) is 35.8. The van der Waals surface area contributed by atoms with Gasteiger partial charge >= 0.3 is 18.1 Å². The predicted octanol–water partition coefficient (Wildman–Crippen LogP) is 4.25. The summed E-state index contributed by atoms with van der Waals surface area (Å²) in [5.41, 5.74) is -6.15. The van der Waals surface area contributed by atoms with Crippen LogP contribution in [-0.4, -0.2) is 107 Å². The number of amides is 1. The van der Waals surface area contributed by atoms with Gasteiger partial charge in [-0.2, -0.15) is 0 Å². The van der Waals surface area contributed by atoms with E-state index in [1.165, 1.54) is 6.92 Å². The highest BCUT2D eigenvalue weighted by Crippen LogP contribution is 2.64. The second-order valence-corrected chi connectivity index (χ2v) is 17.4. The van der Waals surface area contributed by atoms with Crippen molar-refractivity contribution >= 4 is 29.8 Å². The molecule has 1 heterocycles. The quantitative estimate of drug-likeness (QED) is 0.0657. The van der Waals surface area contributed by atoms with Gasteiger partial charge < -0.3 is 44.3 Å². The van der Waals surface area contributed by atoms with Gasteiger partial charge in [0.15, 0.2) is 23.6 Å². The fraction of sp³-hybridized carbons (Fsp3) is 0.468. The summed E-state index contributed by atoms with van der Waals surface area (Å²) in [4.78, 5) is 81.7. The molecule has 16 heteroatoms. The van der Waals surface area contributed by atoms with E-state index in [2.05, 4.69) is 5.32 Å². The molecule has 11 atom stereocenters. The smallest absolute Gasteiger partial charge is 0.456 e. The standard InChI is InChI=1S/C47H53NO15/c1-26-31(61-42(54)36(51)35(29-18-12-8-13-19-29)48-41(53)30-20-14-9-15-21-30)23-47(56)40(63-59-24-28-16-10-7-11-17-28)38-45(5,39(52)37(60-27(2)49)34(26)44(47,3)4)32(50)22-33-46(38,25-58-33)62-43(55)57-6/h7-21,31-33,35-38,40,50-51,56H,22-25H2,1-6H3,(H,48,53)/t31-,32-,33+,35-,36+,37+,38-,40-,45+,46-,47+/m0/s1. The largest absolute Gasteiger partial charge is 0.508 e. The van der Waals surface area contributed by atoms with Crippen LogP contribution in [0.5, 0.6) is 0 Å².